The lowest BCUT2D eigenvalue weighted by molar-refractivity contribution is 0.671. The molecule has 5 heterocycles. The third-order valence-corrected chi connectivity index (χ3v) is 15.4. The van der Waals surface area contributed by atoms with E-state index in [1.165, 1.54) is 10.8 Å². The van der Waals surface area contributed by atoms with Crippen LogP contribution >= 0.6 is 0 Å². The molecule has 6 heteroatoms. The molecule has 0 aliphatic heterocycles. The van der Waals surface area contributed by atoms with Gasteiger partial charge in [0.15, 0.2) is 17.0 Å². The van der Waals surface area contributed by atoms with Crippen LogP contribution in [0, 0.1) is 0 Å². The number of rotatable bonds is 7. The zero-order valence-electron chi connectivity index (χ0n) is 40.9. The molecule has 11 aromatic carbocycles. The van der Waals surface area contributed by atoms with Gasteiger partial charge in [-0.25, -0.2) is 9.97 Å². The van der Waals surface area contributed by atoms with Crippen LogP contribution in [0.2, 0.25) is 0 Å². The summed E-state index contributed by atoms with van der Waals surface area (Å²) < 4.78 is 19.3. The molecule has 16 rings (SSSR count). The van der Waals surface area contributed by atoms with Crippen molar-refractivity contribution in [3.8, 4) is 67.5 Å². The van der Waals surface area contributed by atoms with Crippen molar-refractivity contribution in [3.63, 3.8) is 0 Å². The maximum Gasteiger partial charge on any atom is 0.160 e. The Labute approximate surface area is 435 Å². The monoisotopic (exact) mass is 970 g/mol. The second-order valence-corrected chi connectivity index (χ2v) is 19.6. The van der Waals surface area contributed by atoms with Crippen LogP contribution in [-0.2, 0) is 0 Å². The molecule has 0 aliphatic carbocycles. The van der Waals surface area contributed by atoms with Crippen LogP contribution in [0.4, 0.5) is 0 Å². The number of furan rings is 2. The smallest absolute Gasteiger partial charge is 0.160 e. The Morgan fingerprint density at radius 2 is 0.711 bits per heavy atom. The fraction of sp³-hybridized carbons (Fsp3) is 0. The van der Waals surface area contributed by atoms with Crippen LogP contribution in [0.15, 0.2) is 264 Å². The molecule has 0 bridgehead atoms. The van der Waals surface area contributed by atoms with Gasteiger partial charge in [-0.15, -0.1) is 0 Å². The third-order valence-electron chi connectivity index (χ3n) is 15.4. The fourth-order valence-electron chi connectivity index (χ4n) is 12.0. The maximum atomic E-state index is 7.35. The summed E-state index contributed by atoms with van der Waals surface area (Å²) in [7, 11) is 0. The van der Waals surface area contributed by atoms with Gasteiger partial charge >= 0.3 is 0 Å². The topological polar surface area (TPSA) is 61.9 Å². The standard InChI is InChI=1S/C70H42N4O2/c1-5-19-43(20-6-1)60-42-61(72-70(71-60)44-21-7-2-8-22-44)59-41-45(48-29-17-31-55-57-39-37-52-50-27-13-15-33-62(50)73(46-23-9-3-10-24-46)64(52)68(57)75-66(48)55)35-36-49(59)54-30-18-32-56-58-40-38-53-51-28-14-16-34-63(51)74(47-25-11-4-12-26-47)65(53)69(58)76-67(54)56/h1-42H. The molecule has 0 spiro atoms. The van der Waals surface area contributed by atoms with Gasteiger partial charge in [0.05, 0.1) is 33.5 Å². The van der Waals surface area contributed by atoms with Crippen molar-refractivity contribution in [3.05, 3.63) is 255 Å². The molecule has 5 aromatic heterocycles. The average Bonchev–Trinajstić information content (AvgIpc) is 4.44. The molecular formula is C70H42N4O2. The van der Waals surface area contributed by atoms with Gasteiger partial charge in [-0.3, -0.25) is 0 Å². The third kappa shape index (κ3) is 6.34. The lowest BCUT2D eigenvalue weighted by Crippen LogP contribution is -1.97. The lowest BCUT2D eigenvalue weighted by atomic mass is 9.91. The Kier molecular flexibility index (Phi) is 9.23. The Bertz CT molecular complexity index is 4910. The van der Waals surface area contributed by atoms with Crippen molar-refractivity contribution in [2.45, 2.75) is 0 Å². The van der Waals surface area contributed by atoms with Crippen molar-refractivity contribution >= 4 is 87.5 Å². The van der Waals surface area contributed by atoms with Gasteiger partial charge in [-0.05, 0) is 71.8 Å². The quantitative estimate of drug-likeness (QED) is 0.160. The van der Waals surface area contributed by atoms with E-state index in [9.17, 15) is 0 Å². The predicted octanol–water partition coefficient (Wildman–Crippen LogP) is 18.8. The molecule has 0 radical (unpaired) electrons. The van der Waals surface area contributed by atoms with E-state index < -0.39 is 0 Å². The summed E-state index contributed by atoms with van der Waals surface area (Å²) in [4.78, 5) is 10.7. The molecule has 6 nitrogen and oxygen atoms in total. The number of aromatic nitrogens is 4. The Hall–Kier alpha value is -10.3. The van der Waals surface area contributed by atoms with E-state index in [4.69, 9.17) is 18.8 Å². The molecule has 0 atom stereocenters. The molecule has 0 unspecified atom stereocenters. The van der Waals surface area contributed by atoms with E-state index >= 15 is 0 Å². The fourth-order valence-corrected chi connectivity index (χ4v) is 12.0. The van der Waals surface area contributed by atoms with Gasteiger partial charge < -0.3 is 18.0 Å². The number of benzene rings is 11. The highest BCUT2D eigenvalue weighted by atomic mass is 16.3. The van der Waals surface area contributed by atoms with Crippen LogP contribution < -0.4 is 0 Å². The number of fused-ring (bicyclic) bond motifs is 14. The Morgan fingerprint density at radius 1 is 0.263 bits per heavy atom. The molecular weight excluding hydrogens is 929 g/mol. The zero-order valence-corrected chi connectivity index (χ0v) is 40.9. The number of para-hydroxylation sites is 6. The average molecular weight is 971 g/mol. The summed E-state index contributed by atoms with van der Waals surface area (Å²) in [5.41, 5.74) is 18.2. The van der Waals surface area contributed by atoms with E-state index in [1.807, 2.05) is 24.3 Å². The maximum absolute atomic E-state index is 7.35. The summed E-state index contributed by atoms with van der Waals surface area (Å²) in [6, 6.07) is 89.9. The first-order chi connectivity index (χ1) is 37.7. The first-order valence-corrected chi connectivity index (χ1v) is 25.7. The first-order valence-electron chi connectivity index (χ1n) is 25.7. The van der Waals surface area contributed by atoms with E-state index in [0.717, 1.165) is 138 Å². The van der Waals surface area contributed by atoms with E-state index in [-0.39, 0.29) is 0 Å². The second kappa shape index (κ2) is 16.6. The second-order valence-electron chi connectivity index (χ2n) is 19.6. The molecule has 0 aliphatic rings. The largest absolute Gasteiger partial charge is 0.453 e. The minimum atomic E-state index is 0.642. The van der Waals surface area contributed by atoms with Crippen molar-refractivity contribution in [1.29, 1.82) is 0 Å². The van der Waals surface area contributed by atoms with Gasteiger partial charge in [0.25, 0.3) is 0 Å². The summed E-state index contributed by atoms with van der Waals surface area (Å²) in [6.45, 7) is 0. The van der Waals surface area contributed by atoms with Crippen LogP contribution in [0.3, 0.4) is 0 Å². The SMILES string of the molecule is c1ccc(-c2cc(-c3cc(-c4cccc5c4oc4c5ccc5c6ccccc6n(-c6ccccc6)c54)ccc3-c3cccc4c3oc3c4ccc4c5ccccc5n(-c5ccccc5)c43)nc(-c3ccccc3)n2)cc1. The molecule has 0 saturated heterocycles. The van der Waals surface area contributed by atoms with E-state index in [1.54, 1.807) is 0 Å². The van der Waals surface area contributed by atoms with Crippen LogP contribution in [0.1, 0.15) is 0 Å². The highest BCUT2D eigenvalue weighted by molar-refractivity contribution is 6.24. The number of hydrogen-bond donors (Lipinski definition) is 0. The van der Waals surface area contributed by atoms with Crippen LogP contribution in [-0.4, -0.2) is 19.1 Å². The van der Waals surface area contributed by atoms with Crippen LogP contribution in [0.25, 0.3) is 155 Å². The van der Waals surface area contributed by atoms with E-state index in [2.05, 4.69) is 240 Å². The minimum absolute atomic E-state index is 0.642. The van der Waals surface area contributed by atoms with E-state index in [0.29, 0.717) is 5.82 Å². The van der Waals surface area contributed by atoms with Crippen molar-refractivity contribution < 1.29 is 8.83 Å². The molecule has 76 heavy (non-hydrogen) atoms. The predicted molar refractivity (Wildman–Crippen MR) is 312 cm³/mol. The molecule has 354 valence electrons. The number of nitrogens with zero attached hydrogens (tertiary/aromatic N) is 4. The molecule has 16 aromatic rings. The minimum Gasteiger partial charge on any atom is -0.453 e. The van der Waals surface area contributed by atoms with Crippen molar-refractivity contribution in [2.24, 2.45) is 0 Å². The first kappa shape index (κ1) is 42.2. The van der Waals surface area contributed by atoms with Crippen molar-refractivity contribution in [2.75, 3.05) is 0 Å². The summed E-state index contributed by atoms with van der Waals surface area (Å²) in [5.74, 6) is 0.642. The Balaban J connectivity index is 0.968. The lowest BCUT2D eigenvalue weighted by Gasteiger charge is -2.15. The summed E-state index contributed by atoms with van der Waals surface area (Å²) >= 11 is 0. The Morgan fingerprint density at radius 3 is 1.29 bits per heavy atom. The summed E-state index contributed by atoms with van der Waals surface area (Å²) in [6.07, 6.45) is 0. The normalized spacial score (nSPS) is 11.9. The molecule has 0 amide bonds. The van der Waals surface area contributed by atoms with Gasteiger partial charge in [0, 0.05) is 82.3 Å². The molecule has 0 fully saturated rings. The summed E-state index contributed by atoms with van der Waals surface area (Å²) in [5, 5.41) is 8.86. The molecule has 0 N–H and O–H groups in total. The highest BCUT2D eigenvalue weighted by Gasteiger charge is 2.25. The van der Waals surface area contributed by atoms with Gasteiger partial charge in [0.2, 0.25) is 0 Å². The van der Waals surface area contributed by atoms with Gasteiger partial charge in [0.1, 0.15) is 11.2 Å². The highest BCUT2D eigenvalue weighted by Crippen LogP contribution is 2.47. The van der Waals surface area contributed by atoms with Crippen LogP contribution in [0.5, 0.6) is 0 Å². The number of hydrogen-bond acceptors (Lipinski definition) is 4. The van der Waals surface area contributed by atoms with Gasteiger partial charge in [-0.2, -0.15) is 0 Å². The molecule has 0 saturated carbocycles. The van der Waals surface area contributed by atoms with Crippen molar-refractivity contribution in [1.82, 2.24) is 19.1 Å². The van der Waals surface area contributed by atoms with Gasteiger partial charge in [-0.1, -0.05) is 194 Å². The zero-order chi connectivity index (χ0) is 49.8.